The van der Waals surface area contributed by atoms with E-state index in [4.69, 9.17) is 10.2 Å². The predicted molar refractivity (Wildman–Crippen MR) is 47.9 cm³/mol. The van der Waals surface area contributed by atoms with Crippen LogP contribution in [0.5, 0.6) is 0 Å². The molecular weight excluding hydrogens is 166 g/mol. The van der Waals surface area contributed by atoms with E-state index in [1.54, 1.807) is 10.9 Å². The van der Waals surface area contributed by atoms with E-state index < -0.39 is 0 Å². The van der Waals surface area contributed by atoms with Gasteiger partial charge in [0.1, 0.15) is 11.5 Å². The van der Waals surface area contributed by atoms with Gasteiger partial charge in [0.15, 0.2) is 0 Å². The Kier molecular flexibility index (Phi) is 2.14. The summed E-state index contributed by atoms with van der Waals surface area (Å²) in [6, 6.07) is 5.69. The SMILES string of the molecule is NCc1ccc(Cn2cccn2)o1. The van der Waals surface area contributed by atoms with Gasteiger partial charge in [0.05, 0.1) is 13.1 Å². The topological polar surface area (TPSA) is 57.0 Å². The summed E-state index contributed by atoms with van der Waals surface area (Å²) >= 11 is 0. The molecule has 0 saturated carbocycles. The first kappa shape index (κ1) is 8.07. The van der Waals surface area contributed by atoms with E-state index in [9.17, 15) is 0 Å². The molecule has 0 fully saturated rings. The first-order valence-corrected chi connectivity index (χ1v) is 4.13. The van der Waals surface area contributed by atoms with E-state index in [2.05, 4.69) is 5.10 Å². The molecule has 0 spiro atoms. The van der Waals surface area contributed by atoms with E-state index in [-0.39, 0.29) is 0 Å². The van der Waals surface area contributed by atoms with Crippen molar-refractivity contribution in [2.45, 2.75) is 13.1 Å². The highest BCUT2D eigenvalue weighted by molar-refractivity contribution is 5.07. The monoisotopic (exact) mass is 177 g/mol. The average molecular weight is 177 g/mol. The fraction of sp³-hybridized carbons (Fsp3) is 0.222. The zero-order valence-corrected chi connectivity index (χ0v) is 7.18. The van der Waals surface area contributed by atoms with E-state index in [0.29, 0.717) is 13.1 Å². The van der Waals surface area contributed by atoms with Gasteiger partial charge in [-0.05, 0) is 18.2 Å². The Morgan fingerprint density at radius 2 is 2.23 bits per heavy atom. The van der Waals surface area contributed by atoms with Crippen molar-refractivity contribution >= 4 is 0 Å². The van der Waals surface area contributed by atoms with E-state index in [0.717, 1.165) is 11.5 Å². The van der Waals surface area contributed by atoms with Crippen LogP contribution in [-0.2, 0) is 13.1 Å². The van der Waals surface area contributed by atoms with Crippen LogP contribution < -0.4 is 5.73 Å². The van der Waals surface area contributed by atoms with Crippen LogP contribution in [0, 0.1) is 0 Å². The van der Waals surface area contributed by atoms with Gasteiger partial charge in [-0.3, -0.25) is 4.68 Å². The third-order valence-electron chi connectivity index (χ3n) is 1.80. The Bertz CT molecular complexity index is 364. The maximum absolute atomic E-state index is 5.42. The lowest BCUT2D eigenvalue weighted by molar-refractivity contribution is 0.446. The van der Waals surface area contributed by atoms with Crippen molar-refractivity contribution in [3.05, 3.63) is 42.1 Å². The summed E-state index contributed by atoms with van der Waals surface area (Å²) < 4.78 is 7.22. The molecule has 0 radical (unpaired) electrons. The highest BCUT2D eigenvalue weighted by Crippen LogP contribution is 2.07. The second kappa shape index (κ2) is 3.45. The standard InChI is InChI=1S/C9H11N3O/c10-6-8-2-3-9(13-8)7-12-5-1-4-11-12/h1-5H,6-7,10H2. The Labute approximate surface area is 76.0 Å². The highest BCUT2D eigenvalue weighted by Gasteiger charge is 2.00. The number of hydrogen-bond acceptors (Lipinski definition) is 3. The minimum absolute atomic E-state index is 0.444. The summed E-state index contributed by atoms with van der Waals surface area (Å²) in [6.45, 7) is 1.10. The van der Waals surface area contributed by atoms with Crippen molar-refractivity contribution in [3.8, 4) is 0 Å². The summed E-state index contributed by atoms with van der Waals surface area (Å²) in [4.78, 5) is 0. The molecule has 2 N–H and O–H groups in total. The minimum atomic E-state index is 0.444. The molecule has 2 aromatic heterocycles. The zero-order chi connectivity index (χ0) is 9.10. The molecule has 0 aliphatic heterocycles. The molecule has 0 atom stereocenters. The predicted octanol–water partition coefficient (Wildman–Crippen LogP) is 0.983. The number of nitrogens with two attached hydrogens (primary N) is 1. The number of rotatable bonds is 3. The van der Waals surface area contributed by atoms with Crippen molar-refractivity contribution in [3.63, 3.8) is 0 Å². The van der Waals surface area contributed by atoms with Gasteiger partial charge in [-0.2, -0.15) is 5.10 Å². The number of aromatic nitrogens is 2. The summed E-state index contributed by atoms with van der Waals surface area (Å²) in [7, 11) is 0. The van der Waals surface area contributed by atoms with Crippen molar-refractivity contribution in [1.29, 1.82) is 0 Å². The first-order chi connectivity index (χ1) is 6.38. The van der Waals surface area contributed by atoms with Crippen molar-refractivity contribution in [1.82, 2.24) is 9.78 Å². The maximum Gasteiger partial charge on any atom is 0.125 e. The quantitative estimate of drug-likeness (QED) is 0.760. The molecule has 0 unspecified atom stereocenters. The average Bonchev–Trinajstić information content (AvgIpc) is 2.76. The number of nitrogens with zero attached hydrogens (tertiary/aromatic N) is 2. The van der Waals surface area contributed by atoms with Gasteiger partial charge in [0.25, 0.3) is 0 Å². The lowest BCUT2D eigenvalue weighted by atomic mass is 10.4. The van der Waals surface area contributed by atoms with Crippen LogP contribution in [-0.4, -0.2) is 9.78 Å². The van der Waals surface area contributed by atoms with Crippen LogP contribution >= 0.6 is 0 Å². The molecule has 68 valence electrons. The molecule has 4 nitrogen and oxygen atoms in total. The van der Waals surface area contributed by atoms with Gasteiger partial charge < -0.3 is 10.2 Å². The van der Waals surface area contributed by atoms with Crippen LogP contribution in [0.4, 0.5) is 0 Å². The van der Waals surface area contributed by atoms with Gasteiger partial charge in [0.2, 0.25) is 0 Å². The van der Waals surface area contributed by atoms with Crippen LogP contribution in [0.1, 0.15) is 11.5 Å². The fourth-order valence-corrected chi connectivity index (χ4v) is 1.17. The van der Waals surface area contributed by atoms with Crippen LogP contribution in [0.2, 0.25) is 0 Å². The summed E-state index contributed by atoms with van der Waals surface area (Å²) in [5, 5.41) is 4.07. The molecule has 0 amide bonds. The second-order valence-electron chi connectivity index (χ2n) is 2.78. The minimum Gasteiger partial charge on any atom is -0.463 e. The van der Waals surface area contributed by atoms with E-state index in [1.807, 2.05) is 24.4 Å². The summed E-state index contributed by atoms with van der Waals surface area (Å²) in [6.07, 6.45) is 3.64. The molecule has 0 saturated heterocycles. The molecule has 2 rings (SSSR count). The van der Waals surface area contributed by atoms with Crippen molar-refractivity contribution < 1.29 is 4.42 Å². The van der Waals surface area contributed by atoms with Crippen LogP contribution in [0.25, 0.3) is 0 Å². The molecule has 2 aromatic rings. The fourth-order valence-electron chi connectivity index (χ4n) is 1.17. The van der Waals surface area contributed by atoms with Gasteiger partial charge >= 0.3 is 0 Å². The second-order valence-corrected chi connectivity index (χ2v) is 2.78. The summed E-state index contributed by atoms with van der Waals surface area (Å²) in [5.74, 6) is 1.69. The number of furan rings is 1. The molecule has 0 aromatic carbocycles. The first-order valence-electron chi connectivity index (χ1n) is 4.13. The Hall–Kier alpha value is -1.55. The maximum atomic E-state index is 5.42. The normalized spacial score (nSPS) is 10.5. The lowest BCUT2D eigenvalue weighted by Gasteiger charge is -1.96. The van der Waals surface area contributed by atoms with Gasteiger partial charge in [-0.15, -0.1) is 0 Å². The Balaban J connectivity index is 2.10. The van der Waals surface area contributed by atoms with Crippen molar-refractivity contribution in [2.24, 2.45) is 5.73 Å². The lowest BCUT2D eigenvalue weighted by Crippen LogP contribution is -1.98. The van der Waals surface area contributed by atoms with Crippen molar-refractivity contribution in [2.75, 3.05) is 0 Å². The molecule has 0 aliphatic carbocycles. The third kappa shape index (κ3) is 1.78. The molecule has 2 heterocycles. The third-order valence-corrected chi connectivity index (χ3v) is 1.80. The Morgan fingerprint density at radius 1 is 1.38 bits per heavy atom. The van der Waals surface area contributed by atoms with Crippen LogP contribution in [0.3, 0.4) is 0 Å². The molecule has 13 heavy (non-hydrogen) atoms. The molecule has 0 bridgehead atoms. The molecule has 0 aliphatic rings. The number of hydrogen-bond donors (Lipinski definition) is 1. The van der Waals surface area contributed by atoms with Gasteiger partial charge in [-0.25, -0.2) is 0 Å². The van der Waals surface area contributed by atoms with Gasteiger partial charge in [0, 0.05) is 12.4 Å². The molecule has 4 heteroatoms. The van der Waals surface area contributed by atoms with E-state index >= 15 is 0 Å². The zero-order valence-electron chi connectivity index (χ0n) is 7.18. The summed E-state index contributed by atoms with van der Waals surface area (Å²) in [5.41, 5.74) is 5.42. The highest BCUT2D eigenvalue weighted by atomic mass is 16.3. The largest absolute Gasteiger partial charge is 0.463 e. The van der Waals surface area contributed by atoms with Gasteiger partial charge in [-0.1, -0.05) is 0 Å². The smallest absolute Gasteiger partial charge is 0.125 e. The van der Waals surface area contributed by atoms with Crippen LogP contribution in [0.15, 0.2) is 35.0 Å². The Morgan fingerprint density at radius 3 is 2.85 bits per heavy atom. The van der Waals surface area contributed by atoms with E-state index in [1.165, 1.54) is 0 Å². The molecular formula is C9H11N3O.